The van der Waals surface area contributed by atoms with E-state index in [-0.39, 0.29) is 29.7 Å². The van der Waals surface area contributed by atoms with E-state index < -0.39 is 21.4 Å². The molecule has 0 radical (unpaired) electrons. The third-order valence-electron chi connectivity index (χ3n) is 4.96. The highest BCUT2D eigenvalue weighted by Gasteiger charge is 2.39. The van der Waals surface area contributed by atoms with Crippen LogP contribution in [0.4, 0.5) is 0 Å². The van der Waals surface area contributed by atoms with E-state index in [4.69, 9.17) is 11.6 Å². The number of sulfone groups is 1. The molecule has 0 bridgehead atoms. The Morgan fingerprint density at radius 2 is 1.76 bits per heavy atom. The minimum atomic E-state index is -3.14. The Morgan fingerprint density at radius 1 is 1.10 bits per heavy atom. The van der Waals surface area contributed by atoms with Crippen molar-refractivity contribution in [1.82, 2.24) is 10.6 Å². The number of hydrogen-bond acceptors (Lipinski definition) is 4. The van der Waals surface area contributed by atoms with E-state index in [0.717, 1.165) is 5.56 Å². The molecule has 1 saturated heterocycles. The highest BCUT2D eigenvalue weighted by molar-refractivity contribution is 7.91. The summed E-state index contributed by atoms with van der Waals surface area (Å²) in [5.41, 5.74) is 0.306. The average molecular weight is 435 g/mol. The summed E-state index contributed by atoms with van der Waals surface area (Å²) in [5.74, 6) is -0.715. The maximum atomic E-state index is 12.7. The van der Waals surface area contributed by atoms with Gasteiger partial charge in [0.05, 0.1) is 40.1 Å². The summed E-state index contributed by atoms with van der Waals surface area (Å²) >= 11 is 6.12. The summed E-state index contributed by atoms with van der Waals surface area (Å²) in [7, 11) is -3.14. The zero-order valence-corrected chi connectivity index (χ0v) is 17.6. The zero-order valence-electron chi connectivity index (χ0n) is 16.0. The lowest BCUT2D eigenvalue weighted by Gasteiger charge is -2.26. The Kier molecular flexibility index (Phi) is 6.29. The largest absolute Gasteiger partial charge is 0.350 e. The van der Waals surface area contributed by atoms with E-state index >= 15 is 0 Å². The summed E-state index contributed by atoms with van der Waals surface area (Å²) < 4.78 is 23.6. The van der Waals surface area contributed by atoms with Crippen molar-refractivity contribution < 1.29 is 18.0 Å². The normalized spacial score (nSPS) is 21.3. The minimum Gasteiger partial charge on any atom is -0.350 e. The van der Waals surface area contributed by atoms with E-state index in [0.29, 0.717) is 17.0 Å². The highest BCUT2D eigenvalue weighted by Crippen LogP contribution is 2.25. The zero-order chi connectivity index (χ0) is 21.1. The van der Waals surface area contributed by atoms with Crippen molar-refractivity contribution in [2.75, 3.05) is 11.5 Å². The van der Waals surface area contributed by atoms with Crippen LogP contribution >= 0.6 is 11.6 Å². The number of carbonyl (C=O) groups is 2. The van der Waals surface area contributed by atoms with E-state index in [9.17, 15) is 18.0 Å². The number of benzene rings is 2. The van der Waals surface area contributed by atoms with Gasteiger partial charge < -0.3 is 10.6 Å². The standard InChI is InChI=1S/C21H23ClN2O4S/c1-21(11-12-29(27,28)14-21)24-19(25)13-18(15-7-3-2-4-8-15)23-20(26)16-9-5-6-10-17(16)22/h2-10,18H,11-14H2,1H3,(H,23,26)(H,24,25)/t18-,21-/m1/s1. The van der Waals surface area contributed by atoms with E-state index in [1.807, 2.05) is 30.3 Å². The number of rotatable bonds is 6. The van der Waals surface area contributed by atoms with Crippen LogP contribution in [-0.4, -0.2) is 37.3 Å². The van der Waals surface area contributed by atoms with Crippen LogP contribution < -0.4 is 10.6 Å². The van der Waals surface area contributed by atoms with Gasteiger partial charge in [-0.1, -0.05) is 54.1 Å². The van der Waals surface area contributed by atoms with Gasteiger partial charge in [-0.2, -0.15) is 0 Å². The van der Waals surface area contributed by atoms with Gasteiger partial charge in [-0.25, -0.2) is 8.42 Å². The lowest BCUT2D eigenvalue weighted by atomic mass is 9.99. The molecule has 0 aromatic heterocycles. The molecule has 1 fully saturated rings. The van der Waals surface area contributed by atoms with Gasteiger partial charge in [-0.15, -0.1) is 0 Å². The van der Waals surface area contributed by atoms with Crippen LogP contribution in [0.1, 0.15) is 41.7 Å². The summed E-state index contributed by atoms with van der Waals surface area (Å²) in [6.45, 7) is 1.73. The second kappa shape index (κ2) is 8.55. The quantitative estimate of drug-likeness (QED) is 0.731. The molecule has 0 unspecified atom stereocenters. The van der Waals surface area contributed by atoms with Gasteiger partial charge in [0.2, 0.25) is 5.91 Å². The molecule has 0 aliphatic carbocycles. The predicted molar refractivity (Wildman–Crippen MR) is 113 cm³/mol. The Morgan fingerprint density at radius 3 is 2.38 bits per heavy atom. The van der Waals surface area contributed by atoms with Crippen LogP contribution in [0.25, 0.3) is 0 Å². The van der Waals surface area contributed by atoms with Gasteiger partial charge >= 0.3 is 0 Å². The molecular formula is C21H23ClN2O4S. The number of amides is 2. The first-order valence-electron chi connectivity index (χ1n) is 9.29. The maximum Gasteiger partial charge on any atom is 0.253 e. The smallest absolute Gasteiger partial charge is 0.253 e. The SMILES string of the molecule is C[C@@]1(NC(=O)C[C@@H](NC(=O)c2ccccc2Cl)c2ccccc2)CCS(=O)(=O)C1. The van der Waals surface area contributed by atoms with Gasteiger partial charge in [0, 0.05) is 0 Å². The summed E-state index contributed by atoms with van der Waals surface area (Å²) in [4.78, 5) is 25.4. The first-order valence-corrected chi connectivity index (χ1v) is 11.5. The molecule has 1 aliphatic rings. The molecule has 8 heteroatoms. The molecule has 3 rings (SSSR count). The maximum absolute atomic E-state index is 12.7. The summed E-state index contributed by atoms with van der Waals surface area (Å²) in [5, 5.41) is 6.04. The Balaban J connectivity index is 1.75. The molecule has 1 heterocycles. The second-order valence-corrected chi connectivity index (χ2v) is 10.2. The van der Waals surface area contributed by atoms with Crippen LogP contribution in [-0.2, 0) is 14.6 Å². The van der Waals surface area contributed by atoms with Gasteiger partial charge in [0.25, 0.3) is 5.91 Å². The van der Waals surface area contributed by atoms with Gasteiger partial charge in [0.15, 0.2) is 9.84 Å². The van der Waals surface area contributed by atoms with Crippen molar-refractivity contribution >= 4 is 33.3 Å². The minimum absolute atomic E-state index is 0.0180. The summed E-state index contributed by atoms with van der Waals surface area (Å²) in [6.07, 6.45) is 0.360. The van der Waals surface area contributed by atoms with Crippen molar-refractivity contribution in [2.45, 2.75) is 31.3 Å². The van der Waals surface area contributed by atoms with Crippen LogP contribution in [0.15, 0.2) is 54.6 Å². The van der Waals surface area contributed by atoms with Crippen LogP contribution in [0.5, 0.6) is 0 Å². The molecule has 2 atom stereocenters. The van der Waals surface area contributed by atoms with E-state index in [1.165, 1.54) is 0 Å². The predicted octanol–water partition coefficient (Wildman–Crippen LogP) is 2.89. The van der Waals surface area contributed by atoms with Crippen LogP contribution in [0, 0.1) is 0 Å². The molecule has 2 aromatic carbocycles. The molecular weight excluding hydrogens is 412 g/mol. The fourth-order valence-corrected chi connectivity index (χ4v) is 5.82. The molecule has 2 N–H and O–H groups in total. The number of halogens is 1. The van der Waals surface area contributed by atoms with Gasteiger partial charge in [-0.3, -0.25) is 9.59 Å². The third kappa shape index (κ3) is 5.58. The third-order valence-corrected chi connectivity index (χ3v) is 7.19. The topological polar surface area (TPSA) is 92.3 Å². The highest BCUT2D eigenvalue weighted by atomic mass is 35.5. The second-order valence-electron chi connectivity index (χ2n) is 7.57. The van der Waals surface area contributed by atoms with Gasteiger partial charge in [-0.05, 0) is 31.0 Å². The number of nitrogens with one attached hydrogen (secondary N) is 2. The Bertz CT molecular complexity index is 1010. The lowest BCUT2D eigenvalue weighted by Crippen LogP contribution is -2.48. The molecule has 2 amide bonds. The molecule has 6 nitrogen and oxygen atoms in total. The van der Waals surface area contributed by atoms with Crippen molar-refractivity contribution in [1.29, 1.82) is 0 Å². The van der Waals surface area contributed by atoms with Crippen molar-refractivity contribution in [2.24, 2.45) is 0 Å². The molecule has 1 aliphatic heterocycles. The fraction of sp³-hybridized carbons (Fsp3) is 0.333. The first-order chi connectivity index (χ1) is 13.7. The number of hydrogen-bond donors (Lipinski definition) is 2. The van der Waals surface area contributed by atoms with E-state index in [1.54, 1.807) is 31.2 Å². The van der Waals surface area contributed by atoms with Crippen LogP contribution in [0.2, 0.25) is 5.02 Å². The first kappa shape index (κ1) is 21.3. The molecule has 2 aromatic rings. The molecule has 154 valence electrons. The molecule has 0 spiro atoms. The average Bonchev–Trinajstić information content (AvgIpc) is 2.94. The van der Waals surface area contributed by atoms with Crippen molar-refractivity contribution in [3.05, 3.63) is 70.7 Å². The summed E-state index contributed by atoms with van der Waals surface area (Å²) in [6, 6.07) is 15.3. The monoisotopic (exact) mass is 434 g/mol. The fourth-order valence-electron chi connectivity index (χ4n) is 3.50. The number of carbonyl (C=O) groups excluding carboxylic acids is 2. The Hall–Kier alpha value is -2.38. The van der Waals surface area contributed by atoms with Crippen molar-refractivity contribution in [3.63, 3.8) is 0 Å². The molecule has 29 heavy (non-hydrogen) atoms. The van der Waals surface area contributed by atoms with Crippen molar-refractivity contribution in [3.8, 4) is 0 Å². The van der Waals surface area contributed by atoms with Gasteiger partial charge in [0.1, 0.15) is 0 Å². The van der Waals surface area contributed by atoms with Crippen LogP contribution in [0.3, 0.4) is 0 Å². The lowest BCUT2D eigenvalue weighted by molar-refractivity contribution is -0.123. The molecule has 0 saturated carbocycles. The Labute approximate surface area is 175 Å². The van der Waals surface area contributed by atoms with E-state index in [2.05, 4.69) is 10.6 Å².